The zero-order chi connectivity index (χ0) is 23.0. The molecule has 3 amide bonds. The monoisotopic (exact) mass is 431 g/mol. The number of hydrogen-bond donors (Lipinski definition) is 2. The summed E-state index contributed by atoms with van der Waals surface area (Å²) in [6.45, 7) is 9.20. The van der Waals surface area contributed by atoms with Crippen LogP contribution in [0.25, 0.3) is 0 Å². The predicted octanol–water partition coefficient (Wildman–Crippen LogP) is 3.86. The lowest BCUT2D eigenvalue weighted by Crippen LogP contribution is -2.49. The van der Waals surface area contributed by atoms with E-state index in [2.05, 4.69) is 10.6 Å². The fourth-order valence-electron chi connectivity index (χ4n) is 3.82. The molecule has 1 aliphatic rings. The average molecular weight is 432 g/mol. The molecule has 0 bridgehead atoms. The van der Waals surface area contributed by atoms with Gasteiger partial charge in [0.1, 0.15) is 18.2 Å². The highest BCUT2D eigenvalue weighted by molar-refractivity contribution is 5.90. The van der Waals surface area contributed by atoms with E-state index in [0.29, 0.717) is 6.54 Å². The summed E-state index contributed by atoms with van der Waals surface area (Å²) in [6, 6.07) is 7.04. The van der Waals surface area contributed by atoms with Crippen molar-refractivity contribution in [1.29, 1.82) is 0 Å². The molecule has 1 aliphatic carbocycles. The summed E-state index contributed by atoms with van der Waals surface area (Å²) in [4.78, 5) is 39.8. The van der Waals surface area contributed by atoms with Gasteiger partial charge in [-0.1, -0.05) is 49.1 Å². The molecule has 0 heterocycles. The van der Waals surface area contributed by atoms with Gasteiger partial charge in [-0.2, -0.15) is 0 Å². The molecule has 31 heavy (non-hydrogen) atoms. The second-order valence-electron chi connectivity index (χ2n) is 9.19. The number of nitrogens with one attached hydrogen (secondary N) is 2. The summed E-state index contributed by atoms with van der Waals surface area (Å²) < 4.78 is 5.21. The lowest BCUT2D eigenvalue weighted by molar-refractivity contribution is -0.140. The van der Waals surface area contributed by atoms with Gasteiger partial charge in [0.15, 0.2) is 0 Å². The Hall–Kier alpha value is -2.57. The first-order valence-electron chi connectivity index (χ1n) is 11.2. The van der Waals surface area contributed by atoms with E-state index in [0.717, 1.165) is 36.8 Å². The molecule has 1 fully saturated rings. The van der Waals surface area contributed by atoms with Gasteiger partial charge in [-0.3, -0.25) is 9.59 Å². The summed E-state index contributed by atoms with van der Waals surface area (Å²) >= 11 is 0. The zero-order valence-corrected chi connectivity index (χ0v) is 19.5. The first-order chi connectivity index (χ1) is 14.6. The van der Waals surface area contributed by atoms with E-state index in [4.69, 9.17) is 4.74 Å². The minimum atomic E-state index is -0.750. The first-order valence-corrected chi connectivity index (χ1v) is 11.2. The third kappa shape index (κ3) is 7.89. The van der Waals surface area contributed by atoms with E-state index in [1.807, 2.05) is 38.1 Å². The fourth-order valence-corrected chi connectivity index (χ4v) is 3.82. The van der Waals surface area contributed by atoms with Crippen molar-refractivity contribution in [3.8, 4) is 0 Å². The van der Waals surface area contributed by atoms with Crippen molar-refractivity contribution in [3.63, 3.8) is 0 Å². The molecule has 2 rings (SSSR count). The molecular weight excluding hydrogens is 394 g/mol. The third-order valence-electron chi connectivity index (χ3n) is 5.35. The van der Waals surface area contributed by atoms with E-state index < -0.39 is 17.7 Å². The number of carbonyl (C=O) groups is 3. The molecule has 0 saturated heterocycles. The van der Waals surface area contributed by atoms with Crippen molar-refractivity contribution >= 4 is 17.9 Å². The topological polar surface area (TPSA) is 87.7 Å². The molecule has 0 aliphatic heterocycles. The number of hydrogen-bond acceptors (Lipinski definition) is 4. The standard InChI is InChI=1S/C24H37N3O4/c1-6-27(20(28)16-25-23(30)31-24(3,4)5)21(18-14-12-17(2)13-15-18)22(29)26-19-10-8-7-9-11-19/h12-15,19,21H,6-11,16H2,1-5H3,(H,25,30)(H,26,29). The number of aryl methyl sites for hydroxylation is 1. The summed E-state index contributed by atoms with van der Waals surface area (Å²) in [5.41, 5.74) is 1.18. The van der Waals surface area contributed by atoms with Crippen LogP contribution < -0.4 is 10.6 Å². The Labute approximate surface area is 185 Å². The highest BCUT2D eigenvalue weighted by Gasteiger charge is 2.32. The van der Waals surface area contributed by atoms with Gasteiger partial charge in [0.05, 0.1) is 0 Å². The lowest BCUT2D eigenvalue weighted by atomic mass is 9.94. The highest BCUT2D eigenvalue weighted by Crippen LogP contribution is 2.24. The number of nitrogens with zero attached hydrogens (tertiary/aromatic N) is 1. The molecule has 1 aromatic carbocycles. The third-order valence-corrected chi connectivity index (χ3v) is 5.35. The van der Waals surface area contributed by atoms with Crippen LogP contribution in [0.3, 0.4) is 0 Å². The molecule has 7 heteroatoms. The first kappa shape index (κ1) is 24.7. The second-order valence-corrected chi connectivity index (χ2v) is 9.19. The number of benzene rings is 1. The number of ether oxygens (including phenoxy) is 1. The van der Waals surface area contributed by atoms with E-state index in [9.17, 15) is 14.4 Å². The Morgan fingerprint density at radius 1 is 1.10 bits per heavy atom. The van der Waals surface area contributed by atoms with Crippen LogP contribution in [0.15, 0.2) is 24.3 Å². The van der Waals surface area contributed by atoms with Crippen LogP contribution in [-0.4, -0.2) is 47.5 Å². The smallest absolute Gasteiger partial charge is 0.408 e. The Morgan fingerprint density at radius 3 is 2.26 bits per heavy atom. The van der Waals surface area contributed by atoms with Crippen molar-refractivity contribution in [3.05, 3.63) is 35.4 Å². The number of alkyl carbamates (subject to hydrolysis) is 1. The van der Waals surface area contributed by atoms with Gasteiger partial charge >= 0.3 is 6.09 Å². The predicted molar refractivity (Wildman–Crippen MR) is 121 cm³/mol. The van der Waals surface area contributed by atoms with Crippen LogP contribution in [0.1, 0.15) is 77.0 Å². The van der Waals surface area contributed by atoms with Gasteiger partial charge in [0, 0.05) is 12.6 Å². The molecule has 7 nitrogen and oxygen atoms in total. The highest BCUT2D eigenvalue weighted by atomic mass is 16.6. The maximum absolute atomic E-state index is 13.3. The van der Waals surface area contributed by atoms with Gasteiger partial charge < -0.3 is 20.3 Å². The summed E-state index contributed by atoms with van der Waals surface area (Å²) in [5, 5.41) is 5.66. The van der Waals surface area contributed by atoms with Gasteiger partial charge in [-0.25, -0.2) is 4.79 Å². The van der Waals surface area contributed by atoms with Crippen molar-refractivity contribution in [1.82, 2.24) is 15.5 Å². The fraction of sp³-hybridized carbons (Fsp3) is 0.625. The summed E-state index contributed by atoms with van der Waals surface area (Å²) in [6.07, 6.45) is 4.69. The molecule has 0 spiro atoms. The van der Waals surface area contributed by atoms with Gasteiger partial charge in [-0.15, -0.1) is 0 Å². The molecule has 0 radical (unpaired) electrons. The largest absolute Gasteiger partial charge is 0.444 e. The van der Waals surface area contributed by atoms with Crippen molar-refractivity contribution < 1.29 is 19.1 Å². The Kier molecular flexibility index (Phi) is 8.89. The summed E-state index contributed by atoms with van der Waals surface area (Å²) in [7, 11) is 0. The Morgan fingerprint density at radius 2 is 1.71 bits per heavy atom. The second kappa shape index (κ2) is 11.2. The van der Waals surface area contributed by atoms with Crippen molar-refractivity contribution in [2.75, 3.05) is 13.1 Å². The zero-order valence-electron chi connectivity index (χ0n) is 19.5. The van der Waals surface area contributed by atoms with Crippen molar-refractivity contribution in [2.24, 2.45) is 0 Å². The summed E-state index contributed by atoms with van der Waals surface area (Å²) in [5.74, 6) is -0.513. The van der Waals surface area contributed by atoms with Crippen LogP contribution >= 0.6 is 0 Å². The van der Waals surface area contributed by atoms with Crippen LogP contribution in [0.5, 0.6) is 0 Å². The van der Waals surface area contributed by atoms with Crippen molar-refractivity contribution in [2.45, 2.75) is 84.4 Å². The molecule has 1 atom stereocenters. The molecular formula is C24H37N3O4. The van der Waals surface area contributed by atoms with Crippen LogP contribution in [-0.2, 0) is 14.3 Å². The van der Waals surface area contributed by atoms with E-state index in [-0.39, 0.29) is 24.4 Å². The van der Waals surface area contributed by atoms with E-state index >= 15 is 0 Å². The van der Waals surface area contributed by atoms with Gasteiger partial charge in [0.25, 0.3) is 0 Å². The van der Waals surface area contributed by atoms with Crippen LogP contribution in [0, 0.1) is 6.92 Å². The Balaban J connectivity index is 2.16. The lowest BCUT2D eigenvalue weighted by Gasteiger charge is -2.33. The minimum Gasteiger partial charge on any atom is -0.444 e. The maximum Gasteiger partial charge on any atom is 0.408 e. The molecule has 1 unspecified atom stereocenters. The SMILES string of the molecule is CCN(C(=O)CNC(=O)OC(C)(C)C)C(C(=O)NC1CCCCC1)c1ccc(C)cc1. The Bertz CT molecular complexity index is 749. The minimum absolute atomic E-state index is 0.142. The molecule has 172 valence electrons. The quantitative estimate of drug-likeness (QED) is 0.686. The number of rotatable bonds is 7. The van der Waals surface area contributed by atoms with E-state index in [1.165, 1.54) is 11.3 Å². The van der Waals surface area contributed by atoms with Crippen LogP contribution in [0.2, 0.25) is 0 Å². The number of likely N-dealkylation sites (N-methyl/N-ethyl adjacent to an activating group) is 1. The molecule has 1 aromatic rings. The molecule has 2 N–H and O–H groups in total. The average Bonchev–Trinajstić information content (AvgIpc) is 2.70. The number of amides is 3. The van der Waals surface area contributed by atoms with Gasteiger partial charge in [0.2, 0.25) is 11.8 Å². The number of carbonyl (C=O) groups excluding carboxylic acids is 3. The maximum atomic E-state index is 13.3. The van der Waals surface area contributed by atoms with Gasteiger partial charge in [-0.05, 0) is 53.0 Å². The molecule has 1 saturated carbocycles. The molecule has 0 aromatic heterocycles. The normalized spacial score (nSPS) is 15.6. The van der Waals surface area contributed by atoms with Crippen LogP contribution in [0.4, 0.5) is 4.79 Å². The van der Waals surface area contributed by atoms with E-state index in [1.54, 1.807) is 20.8 Å².